The lowest BCUT2D eigenvalue weighted by Crippen LogP contribution is -2.29. The molecule has 0 aliphatic carbocycles. The van der Waals surface area contributed by atoms with Crippen molar-refractivity contribution < 1.29 is 4.79 Å². The molecule has 0 rings (SSSR count). The highest BCUT2D eigenvalue weighted by Gasteiger charge is 1.96. The highest BCUT2D eigenvalue weighted by atomic mass is 16.2. The van der Waals surface area contributed by atoms with Crippen LogP contribution in [0.1, 0.15) is 25.7 Å². The summed E-state index contributed by atoms with van der Waals surface area (Å²) < 4.78 is 0. The van der Waals surface area contributed by atoms with Gasteiger partial charge in [-0.15, -0.1) is 0 Å². The fraction of sp³-hybridized carbons (Fsp3) is 0.857. The van der Waals surface area contributed by atoms with Crippen LogP contribution in [-0.4, -0.2) is 19.5 Å². The zero-order valence-electron chi connectivity index (χ0n) is 7.02. The van der Waals surface area contributed by atoms with Gasteiger partial charge in [0.15, 0.2) is 0 Å². The number of amides is 1. The molecule has 11 heavy (non-hydrogen) atoms. The Kier molecular flexibility index (Phi) is 7.08. The molecule has 4 heteroatoms. The summed E-state index contributed by atoms with van der Waals surface area (Å²) in [4.78, 5) is 10.6. The van der Waals surface area contributed by atoms with Gasteiger partial charge in [-0.3, -0.25) is 10.2 Å². The number of hydrazine groups is 1. The van der Waals surface area contributed by atoms with Crippen molar-refractivity contribution in [1.82, 2.24) is 10.7 Å². The Morgan fingerprint density at radius 3 is 2.64 bits per heavy atom. The van der Waals surface area contributed by atoms with Gasteiger partial charge in [0.2, 0.25) is 5.91 Å². The molecule has 0 saturated carbocycles. The van der Waals surface area contributed by atoms with Gasteiger partial charge >= 0.3 is 0 Å². The molecule has 0 fully saturated rings. The number of carbonyl (C=O) groups excluding carboxylic acids is 1. The Bertz CT molecular complexity index is 106. The summed E-state index contributed by atoms with van der Waals surface area (Å²) in [5.41, 5.74) is 2.10. The molecule has 66 valence electrons. The predicted molar refractivity (Wildman–Crippen MR) is 44.7 cm³/mol. The van der Waals surface area contributed by atoms with Gasteiger partial charge in [-0.05, 0) is 26.4 Å². The largest absolute Gasteiger partial charge is 0.320 e. The smallest absolute Gasteiger partial charge is 0.233 e. The Balaban J connectivity index is 2.95. The van der Waals surface area contributed by atoms with E-state index in [-0.39, 0.29) is 5.91 Å². The first-order valence-corrected chi connectivity index (χ1v) is 3.95. The molecule has 0 radical (unpaired) electrons. The summed E-state index contributed by atoms with van der Waals surface area (Å²) in [6.07, 6.45) is 3.66. The van der Waals surface area contributed by atoms with E-state index in [0.29, 0.717) is 6.42 Å². The summed E-state index contributed by atoms with van der Waals surface area (Å²) in [5.74, 6) is 4.83. The molecule has 1 amide bonds. The van der Waals surface area contributed by atoms with Crippen LogP contribution in [0, 0.1) is 0 Å². The normalized spacial score (nSPS) is 9.64. The van der Waals surface area contributed by atoms with Crippen LogP contribution in [-0.2, 0) is 4.79 Å². The monoisotopic (exact) mass is 159 g/mol. The highest BCUT2D eigenvalue weighted by Crippen LogP contribution is 1.97. The van der Waals surface area contributed by atoms with E-state index in [2.05, 4.69) is 10.7 Å². The van der Waals surface area contributed by atoms with E-state index < -0.39 is 0 Å². The maximum atomic E-state index is 10.6. The van der Waals surface area contributed by atoms with Gasteiger partial charge in [0.05, 0.1) is 0 Å². The minimum atomic E-state index is -0.0746. The molecule has 0 spiro atoms. The van der Waals surface area contributed by atoms with E-state index in [1.54, 1.807) is 0 Å². The number of rotatable bonds is 6. The van der Waals surface area contributed by atoms with Gasteiger partial charge < -0.3 is 5.32 Å². The van der Waals surface area contributed by atoms with E-state index in [1.807, 2.05) is 7.05 Å². The molecule has 0 aromatic rings. The third-order valence-corrected chi connectivity index (χ3v) is 1.49. The summed E-state index contributed by atoms with van der Waals surface area (Å²) in [6, 6.07) is 0. The zero-order valence-corrected chi connectivity index (χ0v) is 7.02. The molecule has 0 heterocycles. The molecular weight excluding hydrogens is 142 g/mol. The standard InChI is InChI=1S/C7H17N3O/c1-9-6-4-2-3-5-7(11)10-8/h9H,2-6,8H2,1H3,(H,10,11). The van der Waals surface area contributed by atoms with Crippen molar-refractivity contribution in [2.24, 2.45) is 5.84 Å². The molecule has 0 atom stereocenters. The highest BCUT2D eigenvalue weighted by molar-refractivity contribution is 5.74. The summed E-state index contributed by atoms with van der Waals surface area (Å²) >= 11 is 0. The Morgan fingerprint density at radius 2 is 2.09 bits per heavy atom. The maximum absolute atomic E-state index is 10.6. The van der Waals surface area contributed by atoms with Gasteiger partial charge in [0.1, 0.15) is 0 Å². The van der Waals surface area contributed by atoms with Crippen LogP contribution in [0.3, 0.4) is 0 Å². The van der Waals surface area contributed by atoms with E-state index in [0.717, 1.165) is 25.8 Å². The topological polar surface area (TPSA) is 67.2 Å². The van der Waals surface area contributed by atoms with E-state index in [1.165, 1.54) is 0 Å². The number of carbonyl (C=O) groups is 1. The fourth-order valence-electron chi connectivity index (χ4n) is 0.836. The SMILES string of the molecule is CNCCCCCC(=O)NN. The van der Waals surface area contributed by atoms with Crippen LogP contribution >= 0.6 is 0 Å². The van der Waals surface area contributed by atoms with Crippen molar-refractivity contribution in [3.63, 3.8) is 0 Å². The molecule has 0 aliphatic rings. The second-order valence-corrected chi connectivity index (χ2v) is 2.48. The van der Waals surface area contributed by atoms with Crippen molar-refractivity contribution in [2.75, 3.05) is 13.6 Å². The van der Waals surface area contributed by atoms with E-state index in [4.69, 9.17) is 5.84 Å². The van der Waals surface area contributed by atoms with Crippen LogP contribution in [0.15, 0.2) is 0 Å². The predicted octanol–water partition coefficient (Wildman–Crippen LogP) is -0.244. The van der Waals surface area contributed by atoms with Crippen molar-refractivity contribution in [1.29, 1.82) is 0 Å². The Labute approximate surface area is 67.5 Å². The van der Waals surface area contributed by atoms with Crippen LogP contribution in [0.2, 0.25) is 0 Å². The number of nitrogens with two attached hydrogens (primary N) is 1. The maximum Gasteiger partial charge on any atom is 0.233 e. The summed E-state index contributed by atoms with van der Waals surface area (Å²) in [5, 5.41) is 3.04. The van der Waals surface area contributed by atoms with Crippen LogP contribution in [0.5, 0.6) is 0 Å². The zero-order chi connectivity index (χ0) is 8.53. The fourth-order valence-corrected chi connectivity index (χ4v) is 0.836. The van der Waals surface area contributed by atoms with Gasteiger partial charge in [-0.2, -0.15) is 0 Å². The lowest BCUT2D eigenvalue weighted by Gasteiger charge is -1.99. The second-order valence-electron chi connectivity index (χ2n) is 2.48. The average molecular weight is 159 g/mol. The molecular formula is C7H17N3O. The molecule has 0 unspecified atom stereocenters. The molecule has 0 saturated heterocycles. The van der Waals surface area contributed by atoms with Crippen molar-refractivity contribution in [3.8, 4) is 0 Å². The van der Waals surface area contributed by atoms with Crippen molar-refractivity contribution >= 4 is 5.91 Å². The minimum absolute atomic E-state index is 0.0746. The molecule has 4 nitrogen and oxygen atoms in total. The van der Waals surface area contributed by atoms with Crippen LogP contribution < -0.4 is 16.6 Å². The first-order valence-electron chi connectivity index (χ1n) is 3.95. The van der Waals surface area contributed by atoms with Gasteiger partial charge in [0, 0.05) is 6.42 Å². The number of hydrogen-bond acceptors (Lipinski definition) is 3. The van der Waals surface area contributed by atoms with E-state index in [9.17, 15) is 4.79 Å². The lowest BCUT2D eigenvalue weighted by molar-refractivity contribution is -0.121. The summed E-state index contributed by atoms with van der Waals surface area (Å²) in [6.45, 7) is 1.02. The molecule has 0 aromatic carbocycles. The van der Waals surface area contributed by atoms with Gasteiger partial charge in [0.25, 0.3) is 0 Å². The first-order chi connectivity index (χ1) is 5.31. The molecule has 0 bridgehead atoms. The quantitative estimate of drug-likeness (QED) is 0.217. The molecule has 0 aliphatic heterocycles. The molecule has 4 N–H and O–H groups in total. The van der Waals surface area contributed by atoms with Crippen LogP contribution in [0.25, 0.3) is 0 Å². The summed E-state index contributed by atoms with van der Waals surface area (Å²) in [7, 11) is 1.92. The van der Waals surface area contributed by atoms with Crippen molar-refractivity contribution in [2.45, 2.75) is 25.7 Å². The Hall–Kier alpha value is -0.610. The molecule has 0 aromatic heterocycles. The van der Waals surface area contributed by atoms with E-state index >= 15 is 0 Å². The number of nitrogens with one attached hydrogen (secondary N) is 2. The lowest BCUT2D eigenvalue weighted by atomic mass is 10.2. The third kappa shape index (κ3) is 7.29. The first kappa shape index (κ1) is 10.4. The van der Waals surface area contributed by atoms with Gasteiger partial charge in [-0.1, -0.05) is 6.42 Å². The minimum Gasteiger partial charge on any atom is -0.320 e. The van der Waals surface area contributed by atoms with Gasteiger partial charge in [-0.25, -0.2) is 5.84 Å². The second kappa shape index (κ2) is 7.50. The van der Waals surface area contributed by atoms with Crippen molar-refractivity contribution in [3.05, 3.63) is 0 Å². The Morgan fingerprint density at radius 1 is 1.36 bits per heavy atom. The number of unbranched alkanes of at least 4 members (excludes halogenated alkanes) is 2. The average Bonchev–Trinajstić information content (AvgIpc) is 2.04. The number of hydrogen-bond donors (Lipinski definition) is 3. The third-order valence-electron chi connectivity index (χ3n) is 1.49. The van der Waals surface area contributed by atoms with Crippen LogP contribution in [0.4, 0.5) is 0 Å².